The van der Waals surface area contributed by atoms with E-state index in [2.05, 4.69) is 29.9 Å². The van der Waals surface area contributed by atoms with Crippen LogP contribution in [0.15, 0.2) is 12.7 Å². The van der Waals surface area contributed by atoms with Gasteiger partial charge < -0.3 is 4.18 Å². The van der Waals surface area contributed by atoms with Crippen LogP contribution in [0.5, 0.6) is 0 Å². The topological polar surface area (TPSA) is 26.3 Å². The molecule has 98 valence electrons. The fraction of sp³-hybridized carbons (Fsp3) is 0.700. The van der Waals surface area contributed by atoms with Crippen LogP contribution >= 0.6 is 58.2 Å². The summed E-state index contributed by atoms with van der Waals surface area (Å²) >= 11 is 9.63. The highest BCUT2D eigenvalue weighted by Gasteiger charge is 2.55. The summed E-state index contributed by atoms with van der Waals surface area (Å²) in [4.78, 5) is 11.5. The van der Waals surface area contributed by atoms with Gasteiger partial charge in [-0.1, -0.05) is 6.08 Å². The number of thiol groups is 1. The van der Waals surface area contributed by atoms with Crippen LogP contribution < -0.4 is 0 Å². The Labute approximate surface area is 122 Å². The molecule has 2 nitrogen and oxygen atoms in total. The van der Waals surface area contributed by atoms with Crippen molar-refractivity contribution in [1.29, 1.82) is 0 Å². The molecule has 0 amide bonds. The largest absolute Gasteiger partial charge is 0.394 e. The zero-order valence-electron chi connectivity index (χ0n) is 9.59. The third kappa shape index (κ3) is 2.63. The summed E-state index contributed by atoms with van der Waals surface area (Å²) < 4.78 is 4.74. The summed E-state index contributed by atoms with van der Waals surface area (Å²) in [7, 11) is -0.980. The van der Waals surface area contributed by atoms with E-state index < -0.39 is 10.0 Å². The molecule has 0 aromatic carbocycles. The highest BCUT2D eigenvalue weighted by atomic mass is 32.4. The number of hydrogen-bond donors (Lipinski definition) is 1. The average molecular weight is 329 g/mol. The van der Waals surface area contributed by atoms with Crippen molar-refractivity contribution in [3.8, 4) is 0 Å². The van der Waals surface area contributed by atoms with Crippen molar-refractivity contribution >= 4 is 64.2 Å². The standard InChI is InChI=1S/C10H16O2S5/c1-3-8-6-15-10(16-8)14-4-5-17(10,2)7-9(11)12-13/h3,8,13H,1,4-7H2,2H3. The fourth-order valence-corrected chi connectivity index (χ4v) is 14.6. The zero-order chi connectivity index (χ0) is 12.5. The monoisotopic (exact) mass is 328 g/mol. The summed E-state index contributed by atoms with van der Waals surface area (Å²) in [6.45, 7) is 3.88. The van der Waals surface area contributed by atoms with E-state index in [1.165, 1.54) is 0 Å². The minimum absolute atomic E-state index is 0.174. The van der Waals surface area contributed by atoms with E-state index in [0.717, 1.165) is 17.3 Å². The smallest absolute Gasteiger partial charge is 0.326 e. The zero-order valence-corrected chi connectivity index (χ0v) is 13.7. The van der Waals surface area contributed by atoms with Crippen molar-refractivity contribution in [3.05, 3.63) is 12.7 Å². The minimum Gasteiger partial charge on any atom is -0.394 e. The number of carbonyl (C=O) groups is 1. The summed E-state index contributed by atoms with van der Waals surface area (Å²) in [5, 5.41) is 0.518. The summed E-state index contributed by atoms with van der Waals surface area (Å²) in [6.07, 6.45) is 4.31. The van der Waals surface area contributed by atoms with Gasteiger partial charge >= 0.3 is 5.97 Å². The molecule has 3 atom stereocenters. The van der Waals surface area contributed by atoms with Crippen molar-refractivity contribution in [1.82, 2.24) is 0 Å². The second kappa shape index (κ2) is 5.53. The Balaban J connectivity index is 2.16. The third-order valence-corrected chi connectivity index (χ3v) is 16.0. The van der Waals surface area contributed by atoms with E-state index in [0.29, 0.717) is 11.0 Å². The Morgan fingerprint density at radius 1 is 1.71 bits per heavy atom. The normalized spacial score (nSPS) is 44.5. The molecule has 2 rings (SSSR count). The molecular weight excluding hydrogens is 312 g/mol. The van der Waals surface area contributed by atoms with E-state index >= 15 is 0 Å². The van der Waals surface area contributed by atoms with E-state index in [-0.39, 0.29) is 8.71 Å². The Morgan fingerprint density at radius 2 is 2.47 bits per heavy atom. The van der Waals surface area contributed by atoms with Crippen molar-refractivity contribution in [2.75, 3.05) is 29.3 Å². The number of carbonyl (C=O) groups excluding carboxylic acids is 1. The lowest BCUT2D eigenvalue weighted by Gasteiger charge is -2.42. The van der Waals surface area contributed by atoms with E-state index in [4.69, 9.17) is 0 Å². The van der Waals surface area contributed by atoms with Crippen LogP contribution in [0, 0.1) is 0 Å². The predicted molar refractivity (Wildman–Crippen MR) is 87.6 cm³/mol. The van der Waals surface area contributed by atoms with Crippen molar-refractivity contribution in [2.45, 2.75) is 7.99 Å². The Morgan fingerprint density at radius 3 is 3.06 bits per heavy atom. The first-order valence-corrected chi connectivity index (χ1v) is 10.8. The molecule has 0 N–H and O–H groups in total. The van der Waals surface area contributed by atoms with Crippen LogP contribution in [-0.4, -0.2) is 43.2 Å². The number of rotatable bonds is 3. The van der Waals surface area contributed by atoms with Gasteiger partial charge in [0.2, 0.25) is 0 Å². The molecule has 2 heterocycles. The molecule has 2 fully saturated rings. The molecule has 0 aliphatic carbocycles. The lowest BCUT2D eigenvalue weighted by Crippen LogP contribution is -2.25. The maximum Gasteiger partial charge on any atom is 0.326 e. The lowest BCUT2D eigenvalue weighted by molar-refractivity contribution is -0.129. The lowest BCUT2D eigenvalue weighted by atomic mass is 10.5. The first kappa shape index (κ1) is 14.4. The van der Waals surface area contributed by atoms with Crippen molar-refractivity contribution in [2.24, 2.45) is 0 Å². The molecule has 17 heavy (non-hydrogen) atoms. The van der Waals surface area contributed by atoms with Gasteiger partial charge in [0.1, 0.15) is 2.74 Å². The molecule has 2 saturated heterocycles. The van der Waals surface area contributed by atoms with Gasteiger partial charge in [-0.3, -0.25) is 4.79 Å². The highest BCUT2D eigenvalue weighted by molar-refractivity contribution is 8.61. The number of hydrogen-bond acceptors (Lipinski definition) is 6. The summed E-state index contributed by atoms with van der Waals surface area (Å²) in [5.74, 6) is 3.75. The van der Waals surface area contributed by atoms with Gasteiger partial charge in [0.15, 0.2) is 0 Å². The molecule has 2 aliphatic heterocycles. The van der Waals surface area contributed by atoms with Crippen LogP contribution in [0.4, 0.5) is 0 Å². The van der Waals surface area contributed by atoms with E-state index in [1.807, 2.05) is 41.4 Å². The maximum absolute atomic E-state index is 11.5. The van der Waals surface area contributed by atoms with Crippen LogP contribution in [0.2, 0.25) is 0 Å². The van der Waals surface area contributed by atoms with Crippen molar-refractivity contribution < 1.29 is 8.98 Å². The van der Waals surface area contributed by atoms with Gasteiger partial charge in [0.05, 0.1) is 5.75 Å². The van der Waals surface area contributed by atoms with Crippen LogP contribution in [0.25, 0.3) is 0 Å². The first-order valence-electron chi connectivity index (χ1n) is 5.21. The van der Waals surface area contributed by atoms with Crippen LogP contribution in [0.1, 0.15) is 0 Å². The number of thioether (sulfide) groups is 3. The highest BCUT2D eigenvalue weighted by Crippen LogP contribution is 2.78. The molecule has 0 aromatic heterocycles. The SMILES string of the molecule is C=CC1CSC2(SCCS2(C)CC(=O)OS)S1. The predicted octanol–water partition coefficient (Wildman–Crippen LogP) is 3.20. The molecule has 0 saturated carbocycles. The van der Waals surface area contributed by atoms with Crippen molar-refractivity contribution in [3.63, 3.8) is 0 Å². The molecule has 0 aromatic rings. The Hall–Kier alpha value is 0.960. The quantitative estimate of drug-likeness (QED) is 0.488. The van der Waals surface area contributed by atoms with Gasteiger partial charge in [0.25, 0.3) is 0 Å². The summed E-state index contributed by atoms with van der Waals surface area (Å²) in [5.41, 5.74) is 0. The van der Waals surface area contributed by atoms with Gasteiger partial charge in [-0.05, 0) is 12.0 Å². The third-order valence-electron chi connectivity index (χ3n) is 2.94. The first-order chi connectivity index (χ1) is 8.05. The van der Waals surface area contributed by atoms with Gasteiger partial charge in [-0.15, -0.1) is 41.9 Å². The second-order valence-electron chi connectivity index (χ2n) is 4.14. The fourth-order valence-electron chi connectivity index (χ4n) is 1.95. The van der Waals surface area contributed by atoms with Gasteiger partial charge in [-0.2, -0.15) is 10.0 Å². The summed E-state index contributed by atoms with van der Waals surface area (Å²) in [6, 6.07) is 0. The molecule has 7 heteroatoms. The Bertz CT molecular complexity index is 337. The molecule has 2 aliphatic rings. The molecule has 0 radical (unpaired) electrons. The molecule has 1 spiro atoms. The molecule has 0 bridgehead atoms. The average Bonchev–Trinajstić information content (AvgIpc) is 2.86. The molecule has 3 unspecified atom stereocenters. The van der Waals surface area contributed by atoms with Gasteiger partial charge in [-0.25, -0.2) is 0 Å². The minimum atomic E-state index is -0.980. The van der Waals surface area contributed by atoms with Gasteiger partial charge in [0, 0.05) is 29.7 Å². The maximum atomic E-state index is 11.5. The molecular formula is C10H16O2S5. The second-order valence-corrected chi connectivity index (χ2v) is 13.7. The van der Waals surface area contributed by atoms with E-state index in [9.17, 15) is 4.79 Å². The van der Waals surface area contributed by atoms with Crippen LogP contribution in [0.3, 0.4) is 0 Å². The van der Waals surface area contributed by atoms with E-state index in [1.54, 1.807) is 0 Å². The van der Waals surface area contributed by atoms with Crippen LogP contribution in [-0.2, 0) is 8.98 Å². The Kier molecular flexibility index (Phi) is 4.67.